The van der Waals surface area contributed by atoms with Crippen LogP contribution < -0.4 is 10.6 Å². The average Bonchev–Trinajstić information content (AvgIpc) is 2.32. The number of carbonyl (C=O) groups is 1. The number of ether oxygens (including phenoxy) is 1. The average molecular weight is 269 g/mol. The first-order chi connectivity index (χ1) is 8.97. The number of aliphatic imine (C=N–C) groups is 1. The predicted octanol–water partition coefficient (Wildman–Crippen LogP) is 1.83. The Morgan fingerprint density at radius 1 is 1.37 bits per heavy atom. The highest BCUT2D eigenvalue weighted by Gasteiger charge is 2.15. The second-order valence-electron chi connectivity index (χ2n) is 5.83. The van der Waals surface area contributed by atoms with E-state index in [9.17, 15) is 4.79 Å². The standard InChI is InChI=1S/C14H27N3O2/c1-14(2,3)19-12(18)8-5-4-6-9-15-13-16-10-7-11-17-13/h4-11H2,1-3H3,(H2,15,16,17). The monoisotopic (exact) mass is 269 g/mol. The zero-order valence-corrected chi connectivity index (χ0v) is 12.4. The Labute approximate surface area is 116 Å². The molecule has 0 bridgehead atoms. The van der Waals surface area contributed by atoms with Gasteiger partial charge in [-0.1, -0.05) is 6.42 Å². The summed E-state index contributed by atoms with van der Waals surface area (Å²) in [4.78, 5) is 15.8. The van der Waals surface area contributed by atoms with Crippen LogP contribution in [0.5, 0.6) is 0 Å². The van der Waals surface area contributed by atoms with Gasteiger partial charge in [0.05, 0.1) is 0 Å². The number of carbonyl (C=O) groups excluding carboxylic acids is 1. The van der Waals surface area contributed by atoms with Gasteiger partial charge in [-0.25, -0.2) is 0 Å². The Morgan fingerprint density at radius 2 is 2.16 bits per heavy atom. The van der Waals surface area contributed by atoms with E-state index in [4.69, 9.17) is 4.74 Å². The summed E-state index contributed by atoms with van der Waals surface area (Å²) in [6.07, 6.45) is 4.58. The third-order valence-electron chi connectivity index (χ3n) is 2.67. The Hall–Kier alpha value is -1.26. The zero-order valence-electron chi connectivity index (χ0n) is 12.4. The zero-order chi connectivity index (χ0) is 14.1. The molecule has 0 atom stereocenters. The molecular weight excluding hydrogens is 242 g/mol. The lowest BCUT2D eigenvalue weighted by molar-refractivity contribution is -0.154. The van der Waals surface area contributed by atoms with Crippen LogP contribution in [0.15, 0.2) is 4.99 Å². The highest BCUT2D eigenvalue weighted by atomic mass is 16.6. The lowest BCUT2D eigenvalue weighted by Crippen LogP contribution is -2.41. The van der Waals surface area contributed by atoms with Crippen molar-refractivity contribution >= 4 is 11.9 Å². The molecule has 110 valence electrons. The van der Waals surface area contributed by atoms with Gasteiger partial charge < -0.3 is 15.4 Å². The second kappa shape index (κ2) is 8.02. The van der Waals surface area contributed by atoms with Gasteiger partial charge in [0, 0.05) is 26.1 Å². The van der Waals surface area contributed by atoms with Gasteiger partial charge in [-0.3, -0.25) is 9.79 Å². The topological polar surface area (TPSA) is 62.7 Å². The SMILES string of the molecule is CC(C)(C)OC(=O)CCCCCNC1=NCCCN1. The largest absolute Gasteiger partial charge is 0.460 e. The first-order valence-corrected chi connectivity index (χ1v) is 7.21. The number of guanidine groups is 1. The Kier molecular flexibility index (Phi) is 6.67. The van der Waals surface area contributed by atoms with Crippen LogP contribution in [0.1, 0.15) is 52.9 Å². The van der Waals surface area contributed by atoms with Gasteiger partial charge >= 0.3 is 5.97 Å². The summed E-state index contributed by atoms with van der Waals surface area (Å²) in [7, 11) is 0. The minimum absolute atomic E-state index is 0.0984. The predicted molar refractivity (Wildman–Crippen MR) is 77.2 cm³/mol. The first kappa shape index (κ1) is 15.8. The van der Waals surface area contributed by atoms with Gasteiger partial charge in [-0.2, -0.15) is 0 Å². The highest BCUT2D eigenvalue weighted by molar-refractivity contribution is 5.80. The number of rotatable bonds is 6. The van der Waals surface area contributed by atoms with Crippen LogP contribution in [-0.2, 0) is 9.53 Å². The van der Waals surface area contributed by atoms with Crippen LogP contribution in [-0.4, -0.2) is 37.2 Å². The molecular formula is C14H27N3O2. The minimum Gasteiger partial charge on any atom is -0.460 e. The number of hydrogen-bond donors (Lipinski definition) is 2. The van der Waals surface area contributed by atoms with E-state index in [1.807, 2.05) is 20.8 Å². The third-order valence-corrected chi connectivity index (χ3v) is 2.67. The van der Waals surface area contributed by atoms with E-state index in [2.05, 4.69) is 15.6 Å². The lowest BCUT2D eigenvalue weighted by atomic mass is 10.1. The molecule has 0 saturated carbocycles. The molecule has 0 aromatic heterocycles. The molecule has 1 aliphatic rings. The van der Waals surface area contributed by atoms with Crippen LogP contribution in [0, 0.1) is 0 Å². The number of hydrogen-bond acceptors (Lipinski definition) is 5. The van der Waals surface area contributed by atoms with E-state index < -0.39 is 0 Å². The van der Waals surface area contributed by atoms with Crippen molar-refractivity contribution in [2.24, 2.45) is 4.99 Å². The molecule has 1 aliphatic heterocycles. The van der Waals surface area contributed by atoms with Crippen LogP contribution in [0.25, 0.3) is 0 Å². The van der Waals surface area contributed by atoms with Gasteiger partial charge in [0.2, 0.25) is 0 Å². The van der Waals surface area contributed by atoms with E-state index in [-0.39, 0.29) is 11.6 Å². The van der Waals surface area contributed by atoms with E-state index in [0.29, 0.717) is 6.42 Å². The number of unbranched alkanes of at least 4 members (excludes halogenated alkanes) is 2. The first-order valence-electron chi connectivity index (χ1n) is 7.21. The van der Waals surface area contributed by atoms with Crippen molar-refractivity contribution in [3.8, 4) is 0 Å². The Bertz CT molecular complexity index is 308. The van der Waals surface area contributed by atoms with Crippen LogP contribution in [0.2, 0.25) is 0 Å². The van der Waals surface area contributed by atoms with E-state index in [0.717, 1.165) is 51.3 Å². The second-order valence-corrected chi connectivity index (χ2v) is 5.83. The summed E-state index contributed by atoms with van der Waals surface area (Å²) in [6, 6.07) is 0. The molecule has 0 saturated heterocycles. The smallest absolute Gasteiger partial charge is 0.306 e. The van der Waals surface area contributed by atoms with Crippen molar-refractivity contribution in [2.75, 3.05) is 19.6 Å². The van der Waals surface area contributed by atoms with Crippen LogP contribution in [0.4, 0.5) is 0 Å². The molecule has 0 spiro atoms. The van der Waals surface area contributed by atoms with Gasteiger partial charge in [0.15, 0.2) is 5.96 Å². The maximum Gasteiger partial charge on any atom is 0.306 e. The summed E-state index contributed by atoms with van der Waals surface area (Å²) in [5, 5.41) is 6.49. The maximum absolute atomic E-state index is 11.5. The fourth-order valence-electron chi connectivity index (χ4n) is 1.82. The summed E-state index contributed by atoms with van der Waals surface area (Å²) in [5.41, 5.74) is -0.372. The highest BCUT2D eigenvalue weighted by Crippen LogP contribution is 2.10. The summed E-state index contributed by atoms with van der Waals surface area (Å²) in [5.74, 6) is 0.817. The summed E-state index contributed by atoms with van der Waals surface area (Å²) in [6.45, 7) is 8.50. The molecule has 0 amide bonds. The molecule has 5 heteroatoms. The van der Waals surface area contributed by atoms with Crippen LogP contribution in [0.3, 0.4) is 0 Å². The molecule has 0 aliphatic carbocycles. The fraction of sp³-hybridized carbons (Fsp3) is 0.857. The van der Waals surface area contributed by atoms with Crippen molar-refractivity contribution in [3.05, 3.63) is 0 Å². The van der Waals surface area contributed by atoms with Gasteiger partial charge in [0.1, 0.15) is 5.60 Å². The third kappa shape index (κ3) is 8.46. The molecule has 0 radical (unpaired) electrons. The molecule has 5 nitrogen and oxygen atoms in total. The number of esters is 1. The quantitative estimate of drug-likeness (QED) is 0.570. The molecule has 1 heterocycles. The van der Waals surface area contributed by atoms with Gasteiger partial charge in [-0.15, -0.1) is 0 Å². The van der Waals surface area contributed by atoms with Crippen molar-refractivity contribution in [2.45, 2.75) is 58.5 Å². The Balaban J connectivity index is 1.96. The van der Waals surface area contributed by atoms with E-state index >= 15 is 0 Å². The molecule has 0 fully saturated rings. The van der Waals surface area contributed by atoms with Crippen molar-refractivity contribution in [1.82, 2.24) is 10.6 Å². The normalized spacial score (nSPS) is 15.4. The molecule has 2 N–H and O–H groups in total. The van der Waals surface area contributed by atoms with Crippen molar-refractivity contribution in [1.29, 1.82) is 0 Å². The molecule has 0 aromatic carbocycles. The van der Waals surface area contributed by atoms with E-state index in [1.165, 1.54) is 0 Å². The number of nitrogens with zero attached hydrogens (tertiary/aromatic N) is 1. The maximum atomic E-state index is 11.5. The molecule has 19 heavy (non-hydrogen) atoms. The number of nitrogens with one attached hydrogen (secondary N) is 2. The van der Waals surface area contributed by atoms with Crippen LogP contribution >= 0.6 is 0 Å². The molecule has 1 rings (SSSR count). The Morgan fingerprint density at radius 3 is 2.79 bits per heavy atom. The van der Waals surface area contributed by atoms with Crippen molar-refractivity contribution in [3.63, 3.8) is 0 Å². The van der Waals surface area contributed by atoms with Gasteiger partial charge in [-0.05, 0) is 40.0 Å². The van der Waals surface area contributed by atoms with Crippen molar-refractivity contribution < 1.29 is 9.53 Å². The summed E-state index contributed by atoms with van der Waals surface area (Å²) >= 11 is 0. The molecule has 0 aromatic rings. The minimum atomic E-state index is -0.372. The molecule has 0 unspecified atom stereocenters. The summed E-state index contributed by atoms with van der Waals surface area (Å²) < 4.78 is 5.26. The van der Waals surface area contributed by atoms with Gasteiger partial charge in [0.25, 0.3) is 0 Å². The lowest BCUT2D eigenvalue weighted by Gasteiger charge is -2.19. The van der Waals surface area contributed by atoms with E-state index in [1.54, 1.807) is 0 Å². The fourth-order valence-corrected chi connectivity index (χ4v) is 1.82.